The van der Waals surface area contributed by atoms with Gasteiger partial charge in [0.05, 0.1) is 6.54 Å². The number of hydrogen-bond donors (Lipinski definition) is 2. The lowest BCUT2D eigenvalue weighted by atomic mass is 10.3. The molecular formula is C16H17N3OS. The van der Waals surface area contributed by atoms with Gasteiger partial charge in [-0.3, -0.25) is 9.78 Å². The summed E-state index contributed by atoms with van der Waals surface area (Å²) in [5, 5.41) is 6.09. The maximum Gasteiger partial charge on any atom is 0.238 e. The smallest absolute Gasteiger partial charge is 0.238 e. The van der Waals surface area contributed by atoms with Crippen molar-refractivity contribution < 1.29 is 4.79 Å². The first-order valence-corrected chi connectivity index (χ1v) is 7.82. The zero-order chi connectivity index (χ0) is 14.5. The molecule has 1 amide bonds. The largest absolute Gasteiger partial charge is 0.325 e. The van der Waals surface area contributed by atoms with Crippen LogP contribution in [0, 0.1) is 0 Å². The van der Waals surface area contributed by atoms with Crippen molar-refractivity contribution in [2.24, 2.45) is 0 Å². The topological polar surface area (TPSA) is 54.0 Å². The summed E-state index contributed by atoms with van der Waals surface area (Å²) < 4.78 is 0. The van der Waals surface area contributed by atoms with E-state index in [0.717, 1.165) is 15.5 Å². The number of benzene rings is 1. The molecule has 0 saturated heterocycles. The highest BCUT2D eigenvalue weighted by Crippen LogP contribution is 2.27. The van der Waals surface area contributed by atoms with Crippen LogP contribution >= 0.6 is 11.8 Å². The van der Waals surface area contributed by atoms with Crippen molar-refractivity contribution in [3.63, 3.8) is 0 Å². The van der Waals surface area contributed by atoms with Crippen molar-refractivity contribution in [1.29, 1.82) is 0 Å². The molecule has 0 unspecified atom stereocenters. The predicted octanol–water partition coefficient (Wildman–Crippen LogP) is 2.92. The molecule has 1 aromatic heterocycles. The number of nitrogens with zero attached hydrogens (tertiary/aromatic N) is 1. The Morgan fingerprint density at radius 2 is 1.76 bits per heavy atom. The Morgan fingerprint density at radius 1 is 1.10 bits per heavy atom. The van der Waals surface area contributed by atoms with Crippen molar-refractivity contribution in [1.82, 2.24) is 10.3 Å². The van der Waals surface area contributed by atoms with Gasteiger partial charge in [0.15, 0.2) is 0 Å². The van der Waals surface area contributed by atoms with Crippen LogP contribution in [0.15, 0.2) is 58.6 Å². The minimum absolute atomic E-state index is 0.0106. The summed E-state index contributed by atoms with van der Waals surface area (Å²) >= 11 is 1.67. The molecule has 1 aromatic carbocycles. The minimum Gasteiger partial charge on any atom is -0.325 e. The van der Waals surface area contributed by atoms with Gasteiger partial charge in [-0.15, -0.1) is 0 Å². The third kappa shape index (κ3) is 4.58. The Hall–Kier alpha value is -1.85. The van der Waals surface area contributed by atoms with Gasteiger partial charge in [-0.2, -0.15) is 0 Å². The molecule has 2 aromatic rings. The molecular weight excluding hydrogens is 282 g/mol. The zero-order valence-corrected chi connectivity index (χ0v) is 12.4. The molecule has 2 N–H and O–H groups in total. The van der Waals surface area contributed by atoms with Gasteiger partial charge in [0.1, 0.15) is 0 Å². The van der Waals surface area contributed by atoms with E-state index in [4.69, 9.17) is 0 Å². The van der Waals surface area contributed by atoms with Crippen molar-refractivity contribution >= 4 is 23.4 Å². The monoisotopic (exact) mass is 299 g/mol. The number of carbonyl (C=O) groups is 1. The van der Waals surface area contributed by atoms with Crippen molar-refractivity contribution in [3.05, 3.63) is 48.8 Å². The maximum absolute atomic E-state index is 11.7. The Labute approximate surface area is 128 Å². The van der Waals surface area contributed by atoms with E-state index in [1.54, 1.807) is 24.2 Å². The number of carbonyl (C=O) groups excluding carboxylic acids is 1. The minimum atomic E-state index is 0.0106. The summed E-state index contributed by atoms with van der Waals surface area (Å²) in [6.45, 7) is 0.387. The van der Waals surface area contributed by atoms with Gasteiger partial charge >= 0.3 is 0 Å². The third-order valence-corrected chi connectivity index (χ3v) is 4.17. The Morgan fingerprint density at radius 3 is 2.43 bits per heavy atom. The van der Waals surface area contributed by atoms with E-state index in [1.807, 2.05) is 36.4 Å². The van der Waals surface area contributed by atoms with Crippen LogP contribution in [0.2, 0.25) is 0 Å². The predicted molar refractivity (Wildman–Crippen MR) is 84.5 cm³/mol. The Bertz CT molecular complexity index is 597. The van der Waals surface area contributed by atoms with E-state index >= 15 is 0 Å². The maximum atomic E-state index is 11.7. The second kappa shape index (κ2) is 6.74. The van der Waals surface area contributed by atoms with Crippen LogP contribution in [-0.2, 0) is 4.79 Å². The van der Waals surface area contributed by atoms with Gasteiger partial charge < -0.3 is 10.6 Å². The van der Waals surface area contributed by atoms with E-state index < -0.39 is 0 Å². The van der Waals surface area contributed by atoms with Crippen LogP contribution in [0.25, 0.3) is 0 Å². The van der Waals surface area contributed by atoms with Crippen LogP contribution < -0.4 is 10.6 Å². The summed E-state index contributed by atoms with van der Waals surface area (Å²) in [6.07, 6.45) is 5.94. The van der Waals surface area contributed by atoms with Crippen LogP contribution in [-0.4, -0.2) is 23.5 Å². The van der Waals surface area contributed by atoms with Crippen molar-refractivity contribution in [2.45, 2.75) is 28.7 Å². The number of anilines is 1. The van der Waals surface area contributed by atoms with E-state index in [9.17, 15) is 4.79 Å². The summed E-state index contributed by atoms with van der Waals surface area (Å²) in [7, 11) is 0. The third-order valence-electron chi connectivity index (χ3n) is 3.15. The van der Waals surface area contributed by atoms with Crippen molar-refractivity contribution in [2.75, 3.05) is 11.9 Å². The molecule has 0 spiro atoms. The highest BCUT2D eigenvalue weighted by Gasteiger charge is 2.21. The van der Waals surface area contributed by atoms with Gasteiger partial charge in [-0.1, -0.05) is 11.8 Å². The van der Waals surface area contributed by atoms with Crippen LogP contribution in [0.1, 0.15) is 12.8 Å². The average Bonchev–Trinajstić information content (AvgIpc) is 3.33. The molecule has 0 atom stereocenters. The molecule has 1 aliphatic carbocycles. The molecule has 0 bridgehead atoms. The normalized spacial score (nSPS) is 13.9. The van der Waals surface area contributed by atoms with Crippen LogP contribution in [0.3, 0.4) is 0 Å². The lowest BCUT2D eigenvalue weighted by molar-refractivity contribution is -0.115. The van der Waals surface area contributed by atoms with E-state index in [1.165, 1.54) is 12.8 Å². The fourth-order valence-corrected chi connectivity index (χ4v) is 2.68. The van der Waals surface area contributed by atoms with Gasteiger partial charge in [-0.05, 0) is 49.2 Å². The first-order valence-electron chi connectivity index (χ1n) is 7.01. The molecule has 0 aliphatic heterocycles. The number of aromatic nitrogens is 1. The van der Waals surface area contributed by atoms with E-state index in [-0.39, 0.29) is 5.91 Å². The molecule has 21 heavy (non-hydrogen) atoms. The Balaban J connectivity index is 1.52. The SMILES string of the molecule is O=C(CNC1CC1)Nc1ccc(Sc2ccncc2)cc1. The van der Waals surface area contributed by atoms with E-state index in [2.05, 4.69) is 15.6 Å². The highest BCUT2D eigenvalue weighted by atomic mass is 32.2. The zero-order valence-electron chi connectivity index (χ0n) is 11.6. The first kappa shape index (κ1) is 14.1. The number of pyridine rings is 1. The summed E-state index contributed by atoms with van der Waals surface area (Å²) in [5.41, 5.74) is 0.830. The number of hydrogen-bond acceptors (Lipinski definition) is 4. The first-order chi connectivity index (χ1) is 10.3. The molecule has 1 saturated carbocycles. The number of amides is 1. The molecule has 3 rings (SSSR count). The molecule has 0 radical (unpaired) electrons. The van der Waals surface area contributed by atoms with Crippen LogP contribution in [0.5, 0.6) is 0 Å². The highest BCUT2D eigenvalue weighted by molar-refractivity contribution is 7.99. The molecule has 108 valence electrons. The standard InChI is InChI=1S/C16H17N3OS/c20-16(11-18-12-1-2-12)19-13-3-5-14(6-4-13)21-15-7-9-17-10-8-15/h3-10,12,18H,1-2,11H2,(H,19,20). The molecule has 4 nitrogen and oxygen atoms in total. The van der Waals surface area contributed by atoms with Gasteiger partial charge in [-0.25, -0.2) is 0 Å². The lowest BCUT2D eigenvalue weighted by Crippen LogP contribution is -2.29. The summed E-state index contributed by atoms with van der Waals surface area (Å²) in [4.78, 5) is 18.0. The number of nitrogens with one attached hydrogen (secondary N) is 2. The second-order valence-electron chi connectivity index (χ2n) is 5.01. The summed E-state index contributed by atoms with van der Waals surface area (Å²) in [5.74, 6) is 0.0106. The average molecular weight is 299 g/mol. The Kier molecular flexibility index (Phi) is 4.52. The van der Waals surface area contributed by atoms with Crippen molar-refractivity contribution in [3.8, 4) is 0 Å². The van der Waals surface area contributed by atoms with Gasteiger partial charge in [0.2, 0.25) is 5.91 Å². The second-order valence-corrected chi connectivity index (χ2v) is 6.16. The fraction of sp³-hybridized carbons (Fsp3) is 0.250. The molecule has 1 heterocycles. The fourth-order valence-electron chi connectivity index (χ4n) is 1.88. The number of rotatable bonds is 6. The lowest BCUT2D eigenvalue weighted by Gasteiger charge is -2.07. The molecule has 1 fully saturated rings. The van der Waals surface area contributed by atoms with Crippen LogP contribution in [0.4, 0.5) is 5.69 Å². The molecule has 5 heteroatoms. The van der Waals surface area contributed by atoms with E-state index in [0.29, 0.717) is 12.6 Å². The van der Waals surface area contributed by atoms with Gasteiger partial charge in [0, 0.05) is 33.9 Å². The molecule has 1 aliphatic rings. The summed E-state index contributed by atoms with van der Waals surface area (Å²) in [6, 6.07) is 12.4. The quantitative estimate of drug-likeness (QED) is 0.861. The van der Waals surface area contributed by atoms with Gasteiger partial charge in [0.25, 0.3) is 0 Å².